The van der Waals surface area contributed by atoms with Crippen molar-refractivity contribution in [2.75, 3.05) is 18.4 Å². The molecular formula is C18H19N5O2. The van der Waals surface area contributed by atoms with E-state index in [2.05, 4.69) is 20.6 Å². The van der Waals surface area contributed by atoms with Gasteiger partial charge in [0.25, 0.3) is 11.5 Å². The van der Waals surface area contributed by atoms with Crippen molar-refractivity contribution >= 4 is 17.2 Å². The molecule has 2 N–H and O–H groups in total. The first kappa shape index (κ1) is 16.6. The lowest BCUT2D eigenvalue weighted by Crippen LogP contribution is -2.34. The standard InChI is InChI=1S/C18H19N5O2/c1-12-10-19-7-6-15(12)20-8-9-21-17(24)14-11-22-16-5-3-4-13(2)23(16)18(14)25/h3-7,10-11H,8-9H2,1-2H3,(H,19,20)(H,21,24). The number of rotatable bonds is 5. The van der Waals surface area contributed by atoms with Gasteiger partial charge in [0.05, 0.1) is 0 Å². The number of fused-ring (bicyclic) bond motifs is 1. The molecule has 0 aliphatic heterocycles. The SMILES string of the molecule is Cc1cnccc1NCCNC(=O)c1cnc2cccc(C)n2c1=O. The molecule has 0 aliphatic carbocycles. The van der Waals surface area contributed by atoms with Crippen LogP contribution >= 0.6 is 0 Å². The summed E-state index contributed by atoms with van der Waals surface area (Å²) in [5.74, 6) is -0.427. The summed E-state index contributed by atoms with van der Waals surface area (Å²) in [5.41, 5.74) is 2.93. The highest BCUT2D eigenvalue weighted by atomic mass is 16.2. The van der Waals surface area contributed by atoms with Gasteiger partial charge < -0.3 is 10.6 Å². The normalized spacial score (nSPS) is 10.6. The largest absolute Gasteiger partial charge is 0.383 e. The number of hydrogen-bond acceptors (Lipinski definition) is 5. The molecule has 25 heavy (non-hydrogen) atoms. The Labute approximate surface area is 144 Å². The number of anilines is 1. The van der Waals surface area contributed by atoms with Gasteiger partial charge in [-0.25, -0.2) is 4.98 Å². The quantitative estimate of drug-likeness (QED) is 0.690. The molecular weight excluding hydrogens is 318 g/mol. The molecule has 0 saturated carbocycles. The Hall–Kier alpha value is -3.22. The molecule has 128 valence electrons. The van der Waals surface area contributed by atoms with E-state index in [1.807, 2.05) is 19.1 Å². The van der Waals surface area contributed by atoms with E-state index < -0.39 is 5.91 Å². The third-order valence-electron chi connectivity index (χ3n) is 3.91. The van der Waals surface area contributed by atoms with Gasteiger partial charge in [0, 0.05) is 43.1 Å². The van der Waals surface area contributed by atoms with Crippen LogP contribution in [0, 0.1) is 13.8 Å². The van der Waals surface area contributed by atoms with Crippen LogP contribution in [0.15, 0.2) is 47.7 Å². The fourth-order valence-corrected chi connectivity index (χ4v) is 2.57. The summed E-state index contributed by atoms with van der Waals surface area (Å²) in [7, 11) is 0. The third kappa shape index (κ3) is 3.50. The monoisotopic (exact) mass is 337 g/mol. The second kappa shape index (κ2) is 7.12. The predicted molar refractivity (Wildman–Crippen MR) is 96.0 cm³/mol. The lowest BCUT2D eigenvalue weighted by molar-refractivity contribution is 0.0953. The Kier molecular flexibility index (Phi) is 4.74. The highest BCUT2D eigenvalue weighted by Crippen LogP contribution is 2.10. The van der Waals surface area contributed by atoms with Crippen LogP contribution in [-0.4, -0.2) is 33.4 Å². The van der Waals surface area contributed by atoms with Crippen molar-refractivity contribution in [3.63, 3.8) is 0 Å². The van der Waals surface area contributed by atoms with Crippen molar-refractivity contribution in [3.05, 3.63) is 70.0 Å². The summed E-state index contributed by atoms with van der Waals surface area (Å²) < 4.78 is 1.44. The Morgan fingerprint density at radius 3 is 2.80 bits per heavy atom. The van der Waals surface area contributed by atoms with Crippen LogP contribution in [0.2, 0.25) is 0 Å². The van der Waals surface area contributed by atoms with E-state index in [4.69, 9.17) is 0 Å². The summed E-state index contributed by atoms with van der Waals surface area (Å²) >= 11 is 0. The van der Waals surface area contributed by atoms with Crippen LogP contribution in [0.5, 0.6) is 0 Å². The second-order valence-electron chi connectivity index (χ2n) is 5.71. The Balaban J connectivity index is 1.67. The minimum Gasteiger partial charge on any atom is -0.383 e. The Morgan fingerprint density at radius 1 is 1.16 bits per heavy atom. The van der Waals surface area contributed by atoms with Crippen molar-refractivity contribution in [1.29, 1.82) is 0 Å². The van der Waals surface area contributed by atoms with Crippen LogP contribution in [0.3, 0.4) is 0 Å². The Morgan fingerprint density at radius 2 is 2.00 bits per heavy atom. The maximum Gasteiger partial charge on any atom is 0.270 e. The highest BCUT2D eigenvalue weighted by molar-refractivity contribution is 5.93. The number of nitrogens with one attached hydrogen (secondary N) is 2. The van der Waals surface area contributed by atoms with Gasteiger partial charge in [-0.3, -0.25) is 19.0 Å². The van der Waals surface area contributed by atoms with Crippen LogP contribution in [0.25, 0.3) is 5.65 Å². The van der Waals surface area contributed by atoms with Gasteiger partial charge in [-0.1, -0.05) is 6.07 Å². The summed E-state index contributed by atoms with van der Waals surface area (Å²) in [6.45, 7) is 4.69. The number of hydrogen-bond donors (Lipinski definition) is 2. The average molecular weight is 337 g/mol. The van der Waals surface area contributed by atoms with Crippen molar-refractivity contribution < 1.29 is 4.79 Å². The number of carbonyl (C=O) groups is 1. The zero-order valence-electron chi connectivity index (χ0n) is 14.1. The van der Waals surface area contributed by atoms with E-state index in [1.54, 1.807) is 31.5 Å². The molecule has 0 saturated heterocycles. The minimum absolute atomic E-state index is 0.0342. The first-order valence-electron chi connectivity index (χ1n) is 7.98. The number of pyridine rings is 2. The van der Waals surface area contributed by atoms with Crippen molar-refractivity contribution in [2.45, 2.75) is 13.8 Å². The van der Waals surface area contributed by atoms with Crippen molar-refractivity contribution in [3.8, 4) is 0 Å². The first-order chi connectivity index (χ1) is 12.1. The first-order valence-corrected chi connectivity index (χ1v) is 7.98. The van der Waals surface area contributed by atoms with Gasteiger partial charge in [0.15, 0.2) is 0 Å². The Bertz CT molecular complexity index is 981. The topological polar surface area (TPSA) is 88.4 Å². The molecule has 1 amide bonds. The van der Waals surface area contributed by atoms with Crippen LogP contribution in [0.4, 0.5) is 5.69 Å². The zero-order valence-corrected chi connectivity index (χ0v) is 14.1. The third-order valence-corrected chi connectivity index (χ3v) is 3.91. The number of aryl methyl sites for hydroxylation is 2. The van der Waals surface area contributed by atoms with Gasteiger partial charge in [-0.05, 0) is 37.6 Å². The van der Waals surface area contributed by atoms with Crippen LogP contribution < -0.4 is 16.2 Å². The molecule has 0 atom stereocenters. The molecule has 0 bridgehead atoms. The summed E-state index contributed by atoms with van der Waals surface area (Å²) in [6.07, 6.45) is 4.80. The van der Waals surface area contributed by atoms with Crippen LogP contribution in [-0.2, 0) is 0 Å². The molecule has 3 heterocycles. The average Bonchev–Trinajstić information content (AvgIpc) is 2.60. The molecule has 0 aliphatic rings. The molecule has 0 fully saturated rings. The van der Waals surface area contributed by atoms with Crippen molar-refractivity contribution in [1.82, 2.24) is 19.7 Å². The molecule has 3 rings (SSSR count). The molecule has 0 aromatic carbocycles. The van der Waals surface area contributed by atoms with Gasteiger partial charge in [0.2, 0.25) is 0 Å². The lowest BCUT2D eigenvalue weighted by atomic mass is 10.2. The van der Waals surface area contributed by atoms with E-state index in [1.165, 1.54) is 10.6 Å². The number of amides is 1. The predicted octanol–water partition coefficient (Wildman–Crippen LogP) is 1.55. The van der Waals surface area contributed by atoms with Crippen LogP contribution in [0.1, 0.15) is 21.6 Å². The van der Waals surface area contributed by atoms with E-state index in [-0.39, 0.29) is 11.1 Å². The highest BCUT2D eigenvalue weighted by Gasteiger charge is 2.13. The van der Waals surface area contributed by atoms with E-state index in [0.717, 1.165) is 16.9 Å². The second-order valence-corrected chi connectivity index (χ2v) is 5.71. The molecule has 0 spiro atoms. The molecule has 7 heteroatoms. The van der Waals surface area contributed by atoms with Gasteiger partial charge >= 0.3 is 0 Å². The maximum absolute atomic E-state index is 12.5. The number of nitrogens with zero attached hydrogens (tertiary/aromatic N) is 3. The summed E-state index contributed by atoms with van der Waals surface area (Å²) in [4.78, 5) is 33.0. The number of carbonyl (C=O) groups excluding carboxylic acids is 1. The van der Waals surface area contributed by atoms with Gasteiger partial charge in [-0.15, -0.1) is 0 Å². The van der Waals surface area contributed by atoms with E-state index in [0.29, 0.717) is 18.7 Å². The maximum atomic E-state index is 12.5. The summed E-state index contributed by atoms with van der Waals surface area (Å²) in [5, 5.41) is 5.96. The van der Waals surface area contributed by atoms with Crippen molar-refractivity contribution in [2.24, 2.45) is 0 Å². The molecule has 7 nitrogen and oxygen atoms in total. The van der Waals surface area contributed by atoms with Gasteiger partial charge in [0.1, 0.15) is 11.2 Å². The molecule has 3 aromatic rings. The fraction of sp³-hybridized carbons (Fsp3) is 0.222. The lowest BCUT2D eigenvalue weighted by Gasteiger charge is -2.10. The molecule has 0 unspecified atom stereocenters. The van der Waals surface area contributed by atoms with E-state index in [9.17, 15) is 9.59 Å². The molecule has 0 radical (unpaired) electrons. The van der Waals surface area contributed by atoms with E-state index >= 15 is 0 Å². The molecule has 3 aromatic heterocycles. The number of aromatic nitrogens is 3. The fourth-order valence-electron chi connectivity index (χ4n) is 2.57. The minimum atomic E-state index is -0.427. The smallest absolute Gasteiger partial charge is 0.270 e. The van der Waals surface area contributed by atoms with Gasteiger partial charge in [-0.2, -0.15) is 0 Å². The zero-order chi connectivity index (χ0) is 17.8. The summed E-state index contributed by atoms with van der Waals surface area (Å²) in [6, 6.07) is 7.24.